The molecule has 1 aliphatic rings. The molecule has 1 heterocycles. The maximum Gasteiger partial charge on any atom is 0.126 e. The van der Waals surface area contributed by atoms with Crippen molar-refractivity contribution in [3.05, 3.63) is 29.1 Å². The molecule has 0 aromatic heterocycles. The Balaban J connectivity index is 2.08. The third-order valence-corrected chi connectivity index (χ3v) is 4.08. The fourth-order valence-corrected chi connectivity index (χ4v) is 2.89. The summed E-state index contributed by atoms with van der Waals surface area (Å²) in [6.07, 6.45) is 5.44. The lowest BCUT2D eigenvalue weighted by Gasteiger charge is -2.37. The highest BCUT2D eigenvalue weighted by molar-refractivity contribution is 5.43. The number of benzene rings is 1. The van der Waals surface area contributed by atoms with E-state index in [0.29, 0.717) is 0 Å². The second-order valence-corrected chi connectivity index (χ2v) is 6.55. The summed E-state index contributed by atoms with van der Waals surface area (Å²) >= 11 is 0. The number of halogens is 1. The zero-order valence-corrected chi connectivity index (χ0v) is 12.6. The minimum Gasteiger partial charge on any atom is -0.487 e. The molecule has 0 saturated carbocycles. The lowest BCUT2D eigenvalue weighted by molar-refractivity contribution is 0.0517. The molecule has 0 saturated heterocycles. The van der Waals surface area contributed by atoms with Gasteiger partial charge in [0.15, 0.2) is 0 Å². The second kappa shape index (κ2) is 5.52. The summed E-state index contributed by atoms with van der Waals surface area (Å²) in [5, 5.41) is 0. The van der Waals surface area contributed by atoms with Gasteiger partial charge in [-0.3, -0.25) is 0 Å². The fourth-order valence-electron chi connectivity index (χ4n) is 2.89. The molecule has 0 fully saturated rings. The Morgan fingerprint density at radius 1 is 1.37 bits per heavy atom. The van der Waals surface area contributed by atoms with Gasteiger partial charge in [0.1, 0.15) is 17.2 Å². The van der Waals surface area contributed by atoms with Crippen molar-refractivity contribution >= 4 is 0 Å². The molecule has 2 rings (SSSR count). The van der Waals surface area contributed by atoms with Gasteiger partial charge < -0.3 is 4.74 Å². The molecule has 0 aliphatic carbocycles. The maximum atomic E-state index is 13.4. The van der Waals surface area contributed by atoms with Gasteiger partial charge in [0.2, 0.25) is 0 Å². The maximum absolute atomic E-state index is 13.4. The smallest absolute Gasteiger partial charge is 0.126 e. The standard InChI is InChI=1S/C17H25FO/c1-12(2)6-5-8-17(4)9-7-14-11-15(18)10-13(3)16(14)19-17/h10-12H,5-9H2,1-4H3/t17-/m1/s1. The van der Waals surface area contributed by atoms with Gasteiger partial charge in [0.25, 0.3) is 0 Å². The zero-order chi connectivity index (χ0) is 14.0. The Bertz CT molecular complexity index is 453. The average Bonchev–Trinajstić information content (AvgIpc) is 2.30. The Kier molecular flexibility index (Phi) is 4.17. The van der Waals surface area contributed by atoms with Gasteiger partial charge in [-0.2, -0.15) is 0 Å². The summed E-state index contributed by atoms with van der Waals surface area (Å²) in [4.78, 5) is 0. The molecule has 0 unspecified atom stereocenters. The van der Waals surface area contributed by atoms with Crippen molar-refractivity contribution in [3.8, 4) is 5.75 Å². The van der Waals surface area contributed by atoms with Crippen LogP contribution in [0.4, 0.5) is 4.39 Å². The summed E-state index contributed by atoms with van der Waals surface area (Å²) < 4.78 is 19.6. The van der Waals surface area contributed by atoms with Gasteiger partial charge in [-0.05, 0) is 68.7 Å². The van der Waals surface area contributed by atoms with Crippen LogP contribution in [0.3, 0.4) is 0 Å². The van der Waals surface area contributed by atoms with Crippen LogP contribution in [0.25, 0.3) is 0 Å². The van der Waals surface area contributed by atoms with Crippen LogP contribution in [0, 0.1) is 18.7 Å². The van der Waals surface area contributed by atoms with Gasteiger partial charge in [0.05, 0.1) is 0 Å². The van der Waals surface area contributed by atoms with Crippen molar-refractivity contribution in [2.24, 2.45) is 5.92 Å². The van der Waals surface area contributed by atoms with E-state index in [4.69, 9.17) is 4.74 Å². The molecule has 0 N–H and O–H groups in total. The van der Waals surface area contributed by atoms with Crippen molar-refractivity contribution < 1.29 is 9.13 Å². The van der Waals surface area contributed by atoms with E-state index in [1.165, 1.54) is 12.8 Å². The number of hydrogen-bond donors (Lipinski definition) is 0. The first-order chi connectivity index (χ1) is 8.89. The summed E-state index contributed by atoms with van der Waals surface area (Å²) in [6.45, 7) is 8.64. The van der Waals surface area contributed by atoms with Gasteiger partial charge in [-0.15, -0.1) is 0 Å². The number of hydrogen-bond acceptors (Lipinski definition) is 1. The monoisotopic (exact) mass is 264 g/mol. The largest absolute Gasteiger partial charge is 0.487 e. The van der Waals surface area contributed by atoms with Crippen LogP contribution in [0.2, 0.25) is 0 Å². The van der Waals surface area contributed by atoms with E-state index in [1.54, 1.807) is 12.1 Å². The van der Waals surface area contributed by atoms with E-state index in [0.717, 1.165) is 42.1 Å². The van der Waals surface area contributed by atoms with Crippen LogP contribution in [-0.2, 0) is 6.42 Å². The molecule has 0 bridgehead atoms. The minimum atomic E-state index is -0.150. The molecule has 1 atom stereocenters. The van der Waals surface area contributed by atoms with E-state index < -0.39 is 0 Å². The predicted molar refractivity (Wildman–Crippen MR) is 77.2 cm³/mol. The van der Waals surface area contributed by atoms with Gasteiger partial charge in [0, 0.05) is 0 Å². The number of aryl methyl sites for hydroxylation is 2. The fraction of sp³-hybridized carbons (Fsp3) is 0.647. The van der Waals surface area contributed by atoms with Crippen molar-refractivity contribution in [2.45, 2.75) is 65.4 Å². The van der Waals surface area contributed by atoms with Crippen molar-refractivity contribution in [2.75, 3.05) is 0 Å². The van der Waals surface area contributed by atoms with Crippen LogP contribution < -0.4 is 4.74 Å². The zero-order valence-electron chi connectivity index (χ0n) is 12.6. The number of ether oxygens (including phenoxy) is 1. The van der Waals surface area contributed by atoms with Crippen LogP contribution in [0.15, 0.2) is 12.1 Å². The van der Waals surface area contributed by atoms with E-state index >= 15 is 0 Å². The highest BCUT2D eigenvalue weighted by Gasteiger charge is 2.32. The molecule has 106 valence electrons. The third kappa shape index (κ3) is 3.49. The summed E-state index contributed by atoms with van der Waals surface area (Å²) in [6, 6.07) is 3.19. The van der Waals surface area contributed by atoms with Gasteiger partial charge in [-0.1, -0.05) is 20.3 Å². The minimum absolute atomic E-state index is 0.0789. The van der Waals surface area contributed by atoms with Crippen LogP contribution >= 0.6 is 0 Å². The van der Waals surface area contributed by atoms with Crippen molar-refractivity contribution in [1.82, 2.24) is 0 Å². The second-order valence-electron chi connectivity index (χ2n) is 6.55. The molecular weight excluding hydrogens is 239 g/mol. The molecule has 0 amide bonds. The Labute approximate surface area is 116 Å². The van der Waals surface area contributed by atoms with Gasteiger partial charge in [-0.25, -0.2) is 4.39 Å². The van der Waals surface area contributed by atoms with Crippen LogP contribution in [0.5, 0.6) is 5.75 Å². The SMILES string of the molecule is Cc1cc(F)cc2c1O[C@](C)(CCCC(C)C)CC2. The van der Waals surface area contributed by atoms with Gasteiger partial charge >= 0.3 is 0 Å². The molecule has 1 aromatic rings. The molecular formula is C17H25FO. The molecule has 1 nitrogen and oxygen atoms in total. The number of rotatable bonds is 4. The van der Waals surface area contributed by atoms with E-state index in [1.807, 2.05) is 6.92 Å². The summed E-state index contributed by atoms with van der Waals surface area (Å²) in [5.41, 5.74) is 1.87. The topological polar surface area (TPSA) is 9.23 Å². The normalized spacial score (nSPS) is 22.2. The van der Waals surface area contributed by atoms with E-state index in [-0.39, 0.29) is 11.4 Å². The molecule has 2 heteroatoms. The molecule has 1 aromatic carbocycles. The molecule has 1 aliphatic heterocycles. The molecule has 0 radical (unpaired) electrons. The Hall–Kier alpha value is -1.05. The lowest BCUT2D eigenvalue weighted by atomic mass is 9.86. The molecule has 19 heavy (non-hydrogen) atoms. The first-order valence-electron chi connectivity index (χ1n) is 7.38. The van der Waals surface area contributed by atoms with Crippen LogP contribution in [-0.4, -0.2) is 5.60 Å². The quantitative estimate of drug-likeness (QED) is 0.740. The summed E-state index contributed by atoms with van der Waals surface area (Å²) in [7, 11) is 0. The number of fused-ring (bicyclic) bond motifs is 1. The highest BCUT2D eigenvalue weighted by atomic mass is 19.1. The lowest BCUT2D eigenvalue weighted by Crippen LogP contribution is -2.36. The Morgan fingerprint density at radius 3 is 2.79 bits per heavy atom. The highest BCUT2D eigenvalue weighted by Crippen LogP contribution is 2.38. The average molecular weight is 264 g/mol. The van der Waals surface area contributed by atoms with E-state index in [9.17, 15) is 4.39 Å². The first kappa shape index (κ1) is 14.4. The Morgan fingerprint density at radius 2 is 2.11 bits per heavy atom. The first-order valence-corrected chi connectivity index (χ1v) is 7.38. The predicted octanol–water partition coefficient (Wildman–Crippen LogP) is 5.04. The van der Waals surface area contributed by atoms with Crippen molar-refractivity contribution in [1.29, 1.82) is 0 Å². The summed E-state index contributed by atoms with van der Waals surface area (Å²) in [5.74, 6) is 1.51. The third-order valence-electron chi connectivity index (χ3n) is 4.08. The molecule has 0 spiro atoms. The van der Waals surface area contributed by atoms with Crippen LogP contribution in [0.1, 0.15) is 57.6 Å². The van der Waals surface area contributed by atoms with E-state index in [2.05, 4.69) is 20.8 Å². The van der Waals surface area contributed by atoms with Crippen molar-refractivity contribution in [3.63, 3.8) is 0 Å².